The highest BCUT2D eigenvalue weighted by atomic mass is 32.2. The minimum absolute atomic E-state index is 0.0720. The number of allylic oxidation sites excluding steroid dienone is 1. The lowest BCUT2D eigenvalue weighted by Crippen LogP contribution is -2.23. The number of carbonyl (C=O) groups is 1. The summed E-state index contributed by atoms with van der Waals surface area (Å²) in [7, 11) is 1.79. The van der Waals surface area contributed by atoms with E-state index in [1.807, 2.05) is 60.0 Å². The van der Waals surface area contributed by atoms with E-state index in [9.17, 15) is 9.59 Å². The molecule has 0 unspecified atom stereocenters. The van der Waals surface area contributed by atoms with Gasteiger partial charge in [-0.3, -0.25) is 18.8 Å². The molecule has 3 aromatic heterocycles. The number of thioether (sulfide) groups is 1. The second-order valence-electron chi connectivity index (χ2n) is 8.93. The van der Waals surface area contributed by atoms with Crippen LogP contribution in [0.2, 0.25) is 0 Å². The topological polar surface area (TPSA) is 86.7 Å². The van der Waals surface area contributed by atoms with Gasteiger partial charge in [0.2, 0.25) is 5.91 Å². The number of benzene rings is 2. The summed E-state index contributed by atoms with van der Waals surface area (Å²) in [5.74, 6) is 0.505. The summed E-state index contributed by atoms with van der Waals surface area (Å²) in [6, 6.07) is 19.5. The first-order chi connectivity index (χ1) is 18.9. The molecule has 0 atom stereocenters. The second kappa shape index (κ2) is 11.3. The van der Waals surface area contributed by atoms with Crippen molar-refractivity contribution in [1.29, 1.82) is 0 Å². The number of carbonyl (C=O) groups excluding carboxylic acids is 1. The standard InChI is InChI=1S/C29H28N6O2S2/c1-5-16-34-27(23-17-38-20(3)25(23)21-12-8-6-9-13-21)31-32-29(34)39-18-24(36)30-26-19(2)33(4)35(28(26)37)22-14-10-7-11-15-22/h5-15,17H,1,16,18H2,2-4H3,(H,30,36). The minimum Gasteiger partial charge on any atom is -0.319 e. The van der Waals surface area contributed by atoms with Crippen LogP contribution in [0.1, 0.15) is 10.6 Å². The Kier molecular flexibility index (Phi) is 7.67. The minimum atomic E-state index is -0.294. The number of rotatable bonds is 9. The molecule has 0 saturated heterocycles. The van der Waals surface area contributed by atoms with Crippen molar-refractivity contribution in [2.75, 3.05) is 11.1 Å². The smallest absolute Gasteiger partial charge is 0.295 e. The maximum atomic E-state index is 13.2. The van der Waals surface area contributed by atoms with Gasteiger partial charge in [0.1, 0.15) is 5.69 Å². The van der Waals surface area contributed by atoms with Gasteiger partial charge >= 0.3 is 0 Å². The summed E-state index contributed by atoms with van der Waals surface area (Å²) in [5, 5.41) is 14.4. The van der Waals surface area contributed by atoms with Gasteiger partial charge in [0, 0.05) is 35.0 Å². The quantitative estimate of drug-likeness (QED) is 0.186. The summed E-state index contributed by atoms with van der Waals surface area (Å²) in [5.41, 5.74) is 4.62. The zero-order valence-corrected chi connectivity index (χ0v) is 23.6. The Morgan fingerprint density at radius 2 is 1.77 bits per heavy atom. The number of aromatic nitrogens is 5. The summed E-state index contributed by atoms with van der Waals surface area (Å²) in [6.07, 6.45) is 1.79. The molecule has 0 saturated carbocycles. The van der Waals surface area contributed by atoms with E-state index in [1.165, 1.54) is 21.3 Å². The van der Waals surface area contributed by atoms with Gasteiger partial charge in [0.05, 0.1) is 17.1 Å². The van der Waals surface area contributed by atoms with Crippen LogP contribution in [0, 0.1) is 13.8 Å². The van der Waals surface area contributed by atoms with E-state index in [2.05, 4.69) is 46.5 Å². The van der Waals surface area contributed by atoms with Crippen molar-refractivity contribution in [1.82, 2.24) is 24.1 Å². The zero-order chi connectivity index (χ0) is 27.5. The maximum absolute atomic E-state index is 13.2. The van der Waals surface area contributed by atoms with Gasteiger partial charge in [-0.05, 0) is 31.5 Å². The fraction of sp³-hybridized carbons (Fsp3) is 0.172. The number of hydrogen-bond acceptors (Lipinski definition) is 6. The normalized spacial score (nSPS) is 11.1. The third kappa shape index (κ3) is 5.13. The predicted octanol–water partition coefficient (Wildman–Crippen LogP) is 5.70. The summed E-state index contributed by atoms with van der Waals surface area (Å²) >= 11 is 2.94. The third-order valence-electron chi connectivity index (χ3n) is 6.46. The molecule has 8 nitrogen and oxygen atoms in total. The highest BCUT2D eigenvalue weighted by molar-refractivity contribution is 7.99. The lowest BCUT2D eigenvalue weighted by atomic mass is 10.0. The van der Waals surface area contributed by atoms with Crippen LogP contribution < -0.4 is 10.9 Å². The monoisotopic (exact) mass is 556 g/mol. The lowest BCUT2D eigenvalue weighted by Gasteiger charge is -2.10. The molecule has 0 aliphatic rings. The SMILES string of the molecule is C=CCn1c(SCC(=O)Nc2c(C)n(C)n(-c3ccccc3)c2=O)nnc1-c1csc(C)c1-c1ccccc1. The van der Waals surface area contributed by atoms with E-state index in [0.717, 1.165) is 28.2 Å². The molecule has 39 heavy (non-hydrogen) atoms. The number of anilines is 1. The lowest BCUT2D eigenvalue weighted by molar-refractivity contribution is -0.113. The van der Waals surface area contributed by atoms with E-state index in [1.54, 1.807) is 29.1 Å². The molecule has 2 aromatic carbocycles. The van der Waals surface area contributed by atoms with Gasteiger partial charge in [-0.25, -0.2) is 4.68 Å². The van der Waals surface area contributed by atoms with Crippen molar-refractivity contribution in [3.63, 3.8) is 0 Å². The van der Waals surface area contributed by atoms with Crippen LogP contribution >= 0.6 is 23.1 Å². The average molecular weight is 557 g/mol. The van der Waals surface area contributed by atoms with Crippen LogP contribution in [0.25, 0.3) is 28.2 Å². The Morgan fingerprint density at radius 3 is 2.46 bits per heavy atom. The number of nitrogens with one attached hydrogen (secondary N) is 1. The molecule has 3 heterocycles. The van der Waals surface area contributed by atoms with E-state index in [4.69, 9.17) is 0 Å². The van der Waals surface area contributed by atoms with Crippen molar-refractivity contribution in [3.8, 4) is 28.2 Å². The molecule has 5 rings (SSSR count). The summed E-state index contributed by atoms with van der Waals surface area (Å²) in [6.45, 7) is 8.31. The van der Waals surface area contributed by atoms with Crippen LogP contribution in [0.3, 0.4) is 0 Å². The third-order valence-corrected chi connectivity index (χ3v) is 8.34. The molecule has 0 aliphatic carbocycles. The van der Waals surface area contributed by atoms with Crippen LogP contribution in [0.15, 0.2) is 88.6 Å². The van der Waals surface area contributed by atoms with Gasteiger partial charge in [0.15, 0.2) is 11.0 Å². The Morgan fingerprint density at radius 1 is 1.08 bits per heavy atom. The van der Waals surface area contributed by atoms with Crippen molar-refractivity contribution < 1.29 is 4.79 Å². The molecular formula is C29H28N6O2S2. The Bertz CT molecular complexity index is 1700. The summed E-state index contributed by atoms with van der Waals surface area (Å²) < 4.78 is 5.24. The molecule has 198 valence electrons. The predicted molar refractivity (Wildman–Crippen MR) is 159 cm³/mol. The molecule has 0 radical (unpaired) electrons. The van der Waals surface area contributed by atoms with E-state index < -0.39 is 0 Å². The molecule has 1 amide bonds. The molecule has 10 heteroatoms. The average Bonchev–Trinajstić information content (AvgIpc) is 3.59. The van der Waals surface area contributed by atoms with E-state index >= 15 is 0 Å². The highest BCUT2D eigenvalue weighted by Crippen LogP contribution is 2.39. The number of para-hydroxylation sites is 1. The van der Waals surface area contributed by atoms with Crippen molar-refractivity contribution in [3.05, 3.63) is 99.6 Å². The number of hydrogen-bond donors (Lipinski definition) is 1. The van der Waals surface area contributed by atoms with E-state index in [-0.39, 0.29) is 22.9 Å². The number of aryl methyl sites for hydroxylation is 1. The van der Waals surface area contributed by atoms with Crippen molar-refractivity contribution >= 4 is 34.7 Å². The molecule has 1 N–H and O–H groups in total. The second-order valence-corrected chi connectivity index (χ2v) is 11.0. The highest BCUT2D eigenvalue weighted by Gasteiger charge is 2.22. The number of thiophene rings is 1. The van der Waals surface area contributed by atoms with Gasteiger partial charge in [-0.2, -0.15) is 0 Å². The first kappa shape index (κ1) is 26.5. The molecular weight excluding hydrogens is 528 g/mol. The Balaban J connectivity index is 1.38. The first-order valence-corrected chi connectivity index (χ1v) is 14.2. The van der Waals surface area contributed by atoms with Crippen LogP contribution in [-0.2, 0) is 18.4 Å². The van der Waals surface area contributed by atoms with E-state index in [0.29, 0.717) is 17.4 Å². The van der Waals surface area contributed by atoms with Crippen molar-refractivity contribution in [2.24, 2.45) is 7.05 Å². The van der Waals surface area contributed by atoms with Crippen molar-refractivity contribution in [2.45, 2.75) is 25.5 Å². The Hall–Kier alpha value is -4.15. The maximum Gasteiger partial charge on any atom is 0.295 e. The van der Waals surface area contributed by atoms with Gasteiger partial charge in [-0.1, -0.05) is 66.4 Å². The van der Waals surface area contributed by atoms with Crippen LogP contribution in [0.5, 0.6) is 0 Å². The van der Waals surface area contributed by atoms with Crippen LogP contribution in [-0.4, -0.2) is 35.8 Å². The van der Waals surface area contributed by atoms with Gasteiger partial charge in [-0.15, -0.1) is 28.1 Å². The molecule has 0 fully saturated rings. The fourth-order valence-corrected chi connectivity index (χ4v) is 6.10. The molecule has 0 aliphatic heterocycles. The largest absolute Gasteiger partial charge is 0.319 e. The number of amides is 1. The molecule has 0 spiro atoms. The molecule has 5 aromatic rings. The zero-order valence-electron chi connectivity index (χ0n) is 21.9. The summed E-state index contributed by atoms with van der Waals surface area (Å²) in [4.78, 5) is 27.3. The van der Waals surface area contributed by atoms with Crippen LogP contribution in [0.4, 0.5) is 5.69 Å². The fourth-order valence-electron chi connectivity index (χ4n) is 4.49. The molecule has 0 bridgehead atoms. The number of nitrogens with zero attached hydrogens (tertiary/aromatic N) is 5. The van der Waals surface area contributed by atoms with Gasteiger partial charge < -0.3 is 5.32 Å². The Labute approximate surface area is 234 Å². The first-order valence-electron chi connectivity index (χ1n) is 12.3. The van der Waals surface area contributed by atoms with Gasteiger partial charge in [0.25, 0.3) is 5.56 Å².